The standard InChI is InChI=1S/C15H22O4/c1-4-17-15(16)14(13-8-6-5-7-9-13)19-11-10-18-12(2)3/h5-9,12,14H,4,10-11H2,1-3H3. The molecule has 0 saturated carbocycles. The maximum atomic E-state index is 11.9. The summed E-state index contributed by atoms with van der Waals surface area (Å²) in [5.41, 5.74) is 0.797. The van der Waals surface area contributed by atoms with Crippen LogP contribution in [-0.2, 0) is 19.0 Å². The number of hydrogen-bond acceptors (Lipinski definition) is 4. The van der Waals surface area contributed by atoms with Crippen molar-refractivity contribution in [2.45, 2.75) is 33.0 Å². The minimum atomic E-state index is -0.683. The molecule has 0 fully saturated rings. The second-order valence-electron chi connectivity index (χ2n) is 4.33. The lowest BCUT2D eigenvalue weighted by Crippen LogP contribution is -2.21. The van der Waals surface area contributed by atoms with Crippen molar-refractivity contribution in [3.8, 4) is 0 Å². The van der Waals surface area contributed by atoms with E-state index >= 15 is 0 Å². The molecule has 0 N–H and O–H groups in total. The molecule has 4 nitrogen and oxygen atoms in total. The summed E-state index contributed by atoms with van der Waals surface area (Å²) in [6.07, 6.45) is -0.529. The van der Waals surface area contributed by atoms with Gasteiger partial charge in [-0.2, -0.15) is 0 Å². The highest BCUT2D eigenvalue weighted by molar-refractivity contribution is 5.76. The minimum absolute atomic E-state index is 0.154. The Bertz CT molecular complexity index is 362. The molecule has 1 atom stereocenters. The summed E-state index contributed by atoms with van der Waals surface area (Å²) in [6, 6.07) is 9.34. The highest BCUT2D eigenvalue weighted by Crippen LogP contribution is 2.18. The van der Waals surface area contributed by atoms with Crippen molar-refractivity contribution < 1.29 is 19.0 Å². The fourth-order valence-electron chi connectivity index (χ4n) is 1.60. The van der Waals surface area contributed by atoms with Crippen LogP contribution in [-0.4, -0.2) is 31.9 Å². The van der Waals surface area contributed by atoms with E-state index in [0.29, 0.717) is 19.8 Å². The van der Waals surface area contributed by atoms with Gasteiger partial charge in [-0.15, -0.1) is 0 Å². The molecular formula is C15H22O4. The summed E-state index contributed by atoms with van der Waals surface area (Å²) in [6.45, 7) is 6.85. The minimum Gasteiger partial charge on any atom is -0.464 e. The largest absolute Gasteiger partial charge is 0.464 e. The first-order chi connectivity index (χ1) is 9.15. The Morgan fingerprint density at radius 1 is 1.11 bits per heavy atom. The van der Waals surface area contributed by atoms with Gasteiger partial charge in [0.1, 0.15) is 0 Å². The van der Waals surface area contributed by atoms with E-state index in [1.165, 1.54) is 0 Å². The summed E-state index contributed by atoms with van der Waals surface area (Å²) in [5.74, 6) is -0.363. The van der Waals surface area contributed by atoms with Crippen LogP contribution in [0.15, 0.2) is 30.3 Å². The van der Waals surface area contributed by atoms with Crippen molar-refractivity contribution in [1.29, 1.82) is 0 Å². The lowest BCUT2D eigenvalue weighted by atomic mass is 10.1. The number of benzene rings is 1. The fraction of sp³-hybridized carbons (Fsp3) is 0.533. The van der Waals surface area contributed by atoms with Crippen molar-refractivity contribution in [1.82, 2.24) is 0 Å². The molecule has 0 aliphatic heterocycles. The zero-order chi connectivity index (χ0) is 14.1. The van der Waals surface area contributed by atoms with Crippen molar-refractivity contribution in [3.05, 3.63) is 35.9 Å². The molecule has 0 aliphatic carbocycles. The van der Waals surface area contributed by atoms with E-state index in [1.807, 2.05) is 44.2 Å². The van der Waals surface area contributed by atoms with E-state index in [2.05, 4.69) is 0 Å². The molecule has 0 aliphatic rings. The van der Waals surface area contributed by atoms with Gasteiger partial charge in [-0.25, -0.2) is 4.79 Å². The van der Waals surface area contributed by atoms with Crippen LogP contribution in [0.2, 0.25) is 0 Å². The molecule has 1 unspecified atom stereocenters. The maximum absolute atomic E-state index is 11.9. The van der Waals surface area contributed by atoms with Gasteiger partial charge >= 0.3 is 5.97 Å². The number of esters is 1. The summed E-state index contributed by atoms with van der Waals surface area (Å²) < 4.78 is 16.0. The highest BCUT2D eigenvalue weighted by atomic mass is 16.6. The third kappa shape index (κ3) is 5.85. The van der Waals surface area contributed by atoms with E-state index < -0.39 is 6.10 Å². The second kappa shape index (κ2) is 8.67. The zero-order valence-electron chi connectivity index (χ0n) is 11.8. The number of carbonyl (C=O) groups is 1. The van der Waals surface area contributed by atoms with Crippen LogP contribution < -0.4 is 0 Å². The molecule has 0 amide bonds. The van der Waals surface area contributed by atoms with Crippen LogP contribution >= 0.6 is 0 Å². The molecular weight excluding hydrogens is 244 g/mol. The third-order valence-corrected chi connectivity index (χ3v) is 2.42. The molecule has 1 aromatic rings. The van der Waals surface area contributed by atoms with Crippen molar-refractivity contribution in [3.63, 3.8) is 0 Å². The first kappa shape index (κ1) is 15.7. The van der Waals surface area contributed by atoms with Crippen LogP contribution in [0.5, 0.6) is 0 Å². The fourth-order valence-corrected chi connectivity index (χ4v) is 1.60. The summed E-state index contributed by atoms with van der Waals surface area (Å²) >= 11 is 0. The molecule has 0 radical (unpaired) electrons. The topological polar surface area (TPSA) is 44.8 Å². The molecule has 106 valence electrons. The summed E-state index contributed by atoms with van der Waals surface area (Å²) in [5, 5.41) is 0. The maximum Gasteiger partial charge on any atom is 0.339 e. The molecule has 1 aromatic carbocycles. The van der Waals surface area contributed by atoms with Crippen LogP contribution in [0.4, 0.5) is 0 Å². The van der Waals surface area contributed by atoms with Crippen LogP contribution in [0, 0.1) is 0 Å². The van der Waals surface area contributed by atoms with E-state index in [9.17, 15) is 4.79 Å². The Balaban J connectivity index is 2.58. The first-order valence-corrected chi connectivity index (χ1v) is 6.60. The quantitative estimate of drug-likeness (QED) is 0.536. The van der Waals surface area contributed by atoms with Gasteiger partial charge in [0.15, 0.2) is 6.10 Å². The third-order valence-electron chi connectivity index (χ3n) is 2.42. The van der Waals surface area contributed by atoms with E-state index in [-0.39, 0.29) is 12.1 Å². The van der Waals surface area contributed by atoms with Gasteiger partial charge in [0.2, 0.25) is 0 Å². The van der Waals surface area contributed by atoms with Gasteiger partial charge in [0.05, 0.1) is 25.9 Å². The number of hydrogen-bond donors (Lipinski definition) is 0. The molecule has 4 heteroatoms. The van der Waals surface area contributed by atoms with E-state index in [1.54, 1.807) is 6.92 Å². The van der Waals surface area contributed by atoms with E-state index in [4.69, 9.17) is 14.2 Å². The van der Waals surface area contributed by atoms with E-state index in [0.717, 1.165) is 5.56 Å². The van der Waals surface area contributed by atoms with Gasteiger partial charge < -0.3 is 14.2 Å². The number of ether oxygens (including phenoxy) is 3. The predicted octanol–water partition coefficient (Wildman–Crippen LogP) is 2.73. The Labute approximate surface area is 114 Å². The van der Waals surface area contributed by atoms with Crippen molar-refractivity contribution >= 4 is 5.97 Å². The van der Waals surface area contributed by atoms with Crippen molar-refractivity contribution in [2.75, 3.05) is 19.8 Å². The molecule has 0 saturated heterocycles. The summed E-state index contributed by atoms with van der Waals surface area (Å²) in [7, 11) is 0. The monoisotopic (exact) mass is 266 g/mol. The lowest BCUT2D eigenvalue weighted by Gasteiger charge is -2.17. The SMILES string of the molecule is CCOC(=O)C(OCCOC(C)C)c1ccccc1. The van der Waals surface area contributed by atoms with Gasteiger partial charge in [-0.3, -0.25) is 0 Å². The predicted molar refractivity (Wildman–Crippen MR) is 72.9 cm³/mol. The second-order valence-corrected chi connectivity index (χ2v) is 4.33. The Kier molecular flexibility index (Phi) is 7.15. The average Bonchev–Trinajstić information content (AvgIpc) is 2.39. The molecule has 0 heterocycles. The molecule has 19 heavy (non-hydrogen) atoms. The smallest absolute Gasteiger partial charge is 0.339 e. The molecule has 0 spiro atoms. The Morgan fingerprint density at radius 3 is 2.32 bits per heavy atom. The Morgan fingerprint density at radius 2 is 1.74 bits per heavy atom. The molecule has 1 rings (SSSR count). The number of rotatable bonds is 8. The highest BCUT2D eigenvalue weighted by Gasteiger charge is 2.22. The lowest BCUT2D eigenvalue weighted by molar-refractivity contribution is -0.158. The van der Waals surface area contributed by atoms with Gasteiger partial charge in [-0.1, -0.05) is 30.3 Å². The zero-order valence-corrected chi connectivity index (χ0v) is 11.8. The average molecular weight is 266 g/mol. The summed E-state index contributed by atoms with van der Waals surface area (Å²) in [4.78, 5) is 11.9. The Hall–Kier alpha value is -1.39. The van der Waals surface area contributed by atoms with Crippen LogP contribution in [0.3, 0.4) is 0 Å². The van der Waals surface area contributed by atoms with Crippen LogP contribution in [0.1, 0.15) is 32.4 Å². The van der Waals surface area contributed by atoms with Gasteiger partial charge in [0.25, 0.3) is 0 Å². The number of carbonyl (C=O) groups excluding carboxylic acids is 1. The van der Waals surface area contributed by atoms with Crippen molar-refractivity contribution in [2.24, 2.45) is 0 Å². The molecule has 0 aromatic heterocycles. The normalized spacial score (nSPS) is 12.4. The van der Waals surface area contributed by atoms with Crippen LogP contribution in [0.25, 0.3) is 0 Å². The molecule has 0 bridgehead atoms. The van der Waals surface area contributed by atoms with Gasteiger partial charge in [0, 0.05) is 0 Å². The van der Waals surface area contributed by atoms with Gasteiger partial charge in [-0.05, 0) is 26.3 Å². The first-order valence-electron chi connectivity index (χ1n) is 6.60.